The summed E-state index contributed by atoms with van der Waals surface area (Å²) < 4.78 is 0. The van der Waals surface area contributed by atoms with Crippen LogP contribution in [0, 0.1) is 0 Å². The first-order valence-electron chi connectivity index (χ1n) is 5.24. The molecule has 1 unspecified atom stereocenters. The third kappa shape index (κ3) is 3.99. The highest BCUT2D eigenvalue weighted by Crippen LogP contribution is 2.26. The summed E-state index contributed by atoms with van der Waals surface area (Å²) in [5.74, 6) is 1.15. The van der Waals surface area contributed by atoms with E-state index in [0.29, 0.717) is 16.3 Å². The molecule has 15 heavy (non-hydrogen) atoms. The van der Waals surface area contributed by atoms with E-state index in [4.69, 9.17) is 11.6 Å². The van der Waals surface area contributed by atoms with E-state index < -0.39 is 0 Å². The van der Waals surface area contributed by atoms with Crippen molar-refractivity contribution in [3.8, 4) is 0 Å². The predicted molar refractivity (Wildman–Crippen MR) is 66.7 cm³/mol. The Kier molecular flexibility index (Phi) is 4.87. The molecule has 0 fully saturated rings. The lowest BCUT2D eigenvalue weighted by molar-refractivity contribution is 0.752. The topological polar surface area (TPSA) is 25.8 Å². The van der Waals surface area contributed by atoms with Crippen LogP contribution in [0.1, 0.15) is 45.9 Å². The van der Waals surface area contributed by atoms with Crippen molar-refractivity contribution in [1.82, 2.24) is 9.97 Å². The molecule has 0 aliphatic carbocycles. The molecule has 0 saturated carbocycles. The van der Waals surface area contributed by atoms with Crippen LogP contribution in [0.25, 0.3) is 0 Å². The standard InChI is InChI=1S/C11H17ClN2S/c1-5-8(4)15-10-6-9(12)13-11(14-10)7(2)3/h6-8H,5H2,1-4H3. The number of halogens is 1. The third-order valence-electron chi connectivity index (χ3n) is 2.10. The Hall–Kier alpha value is -0.280. The highest BCUT2D eigenvalue weighted by Gasteiger charge is 2.09. The maximum Gasteiger partial charge on any atom is 0.133 e. The third-order valence-corrected chi connectivity index (χ3v) is 3.48. The van der Waals surface area contributed by atoms with Crippen molar-refractivity contribution >= 4 is 23.4 Å². The molecule has 0 N–H and O–H groups in total. The molecule has 1 aromatic heterocycles. The van der Waals surface area contributed by atoms with Gasteiger partial charge in [0, 0.05) is 17.2 Å². The van der Waals surface area contributed by atoms with E-state index >= 15 is 0 Å². The molecule has 0 bridgehead atoms. The van der Waals surface area contributed by atoms with Crippen LogP contribution in [0.3, 0.4) is 0 Å². The van der Waals surface area contributed by atoms with Gasteiger partial charge in [-0.25, -0.2) is 9.97 Å². The minimum atomic E-state index is 0.319. The molecule has 1 aromatic rings. The lowest BCUT2D eigenvalue weighted by Crippen LogP contribution is -2.01. The zero-order valence-electron chi connectivity index (χ0n) is 9.62. The first-order valence-corrected chi connectivity index (χ1v) is 6.49. The van der Waals surface area contributed by atoms with E-state index in [1.54, 1.807) is 11.8 Å². The van der Waals surface area contributed by atoms with Gasteiger partial charge in [0.1, 0.15) is 16.0 Å². The van der Waals surface area contributed by atoms with Gasteiger partial charge in [-0.15, -0.1) is 11.8 Å². The van der Waals surface area contributed by atoms with Gasteiger partial charge in [0.05, 0.1) is 0 Å². The average Bonchev–Trinajstić information content (AvgIpc) is 2.16. The van der Waals surface area contributed by atoms with E-state index in [2.05, 4.69) is 37.7 Å². The molecular weight excluding hydrogens is 228 g/mol. The Morgan fingerprint density at radius 1 is 1.33 bits per heavy atom. The molecule has 1 heterocycles. The number of hydrogen-bond acceptors (Lipinski definition) is 3. The molecular formula is C11H17ClN2S. The molecule has 4 heteroatoms. The number of hydrogen-bond donors (Lipinski definition) is 0. The minimum Gasteiger partial charge on any atom is -0.226 e. The molecule has 0 radical (unpaired) electrons. The van der Waals surface area contributed by atoms with Crippen molar-refractivity contribution in [3.05, 3.63) is 17.0 Å². The van der Waals surface area contributed by atoms with E-state index in [0.717, 1.165) is 17.3 Å². The smallest absolute Gasteiger partial charge is 0.133 e. The quantitative estimate of drug-likeness (QED) is 0.588. The molecule has 0 aliphatic rings. The van der Waals surface area contributed by atoms with Crippen LogP contribution in [0.15, 0.2) is 11.1 Å². The van der Waals surface area contributed by atoms with Crippen molar-refractivity contribution < 1.29 is 0 Å². The van der Waals surface area contributed by atoms with Gasteiger partial charge in [0.2, 0.25) is 0 Å². The maximum absolute atomic E-state index is 5.96. The van der Waals surface area contributed by atoms with Crippen molar-refractivity contribution in [1.29, 1.82) is 0 Å². The Balaban J connectivity index is 2.88. The second-order valence-electron chi connectivity index (χ2n) is 3.88. The van der Waals surface area contributed by atoms with Gasteiger partial charge in [-0.05, 0) is 6.42 Å². The Morgan fingerprint density at radius 3 is 2.53 bits per heavy atom. The van der Waals surface area contributed by atoms with Gasteiger partial charge in [-0.3, -0.25) is 0 Å². The van der Waals surface area contributed by atoms with E-state index in [9.17, 15) is 0 Å². The second kappa shape index (κ2) is 5.71. The van der Waals surface area contributed by atoms with Crippen LogP contribution in [0.4, 0.5) is 0 Å². The zero-order valence-corrected chi connectivity index (χ0v) is 11.2. The van der Waals surface area contributed by atoms with Crippen LogP contribution < -0.4 is 0 Å². The Morgan fingerprint density at radius 2 is 2.00 bits per heavy atom. The van der Waals surface area contributed by atoms with Gasteiger partial charge in [-0.1, -0.05) is 39.3 Å². The molecule has 0 amide bonds. The van der Waals surface area contributed by atoms with Crippen LogP contribution >= 0.6 is 23.4 Å². The van der Waals surface area contributed by atoms with Gasteiger partial charge in [0.25, 0.3) is 0 Å². The van der Waals surface area contributed by atoms with Crippen molar-refractivity contribution in [2.75, 3.05) is 0 Å². The lowest BCUT2D eigenvalue weighted by Gasteiger charge is -2.10. The molecule has 1 atom stereocenters. The molecule has 0 aliphatic heterocycles. The monoisotopic (exact) mass is 244 g/mol. The van der Waals surface area contributed by atoms with Crippen LogP contribution in [0.5, 0.6) is 0 Å². The first-order chi connectivity index (χ1) is 7.02. The highest BCUT2D eigenvalue weighted by atomic mass is 35.5. The fraction of sp³-hybridized carbons (Fsp3) is 0.636. The zero-order chi connectivity index (χ0) is 11.4. The average molecular weight is 245 g/mol. The molecule has 0 spiro atoms. The van der Waals surface area contributed by atoms with Crippen molar-refractivity contribution in [2.24, 2.45) is 0 Å². The van der Waals surface area contributed by atoms with Crippen molar-refractivity contribution in [2.45, 2.75) is 50.3 Å². The van der Waals surface area contributed by atoms with Gasteiger partial charge in [-0.2, -0.15) is 0 Å². The highest BCUT2D eigenvalue weighted by molar-refractivity contribution is 7.99. The molecule has 2 nitrogen and oxygen atoms in total. The van der Waals surface area contributed by atoms with Gasteiger partial charge in [0.15, 0.2) is 0 Å². The lowest BCUT2D eigenvalue weighted by atomic mass is 10.2. The summed E-state index contributed by atoms with van der Waals surface area (Å²) in [6.45, 7) is 8.51. The number of aromatic nitrogens is 2. The number of nitrogens with zero attached hydrogens (tertiary/aromatic N) is 2. The number of thioether (sulfide) groups is 1. The maximum atomic E-state index is 5.96. The normalized spacial score (nSPS) is 13.2. The Labute approximate surface area is 101 Å². The van der Waals surface area contributed by atoms with E-state index in [1.165, 1.54) is 0 Å². The van der Waals surface area contributed by atoms with E-state index in [-0.39, 0.29) is 0 Å². The minimum absolute atomic E-state index is 0.319. The SMILES string of the molecule is CCC(C)Sc1cc(Cl)nc(C(C)C)n1. The number of rotatable bonds is 4. The van der Waals surface area contributed by atoms with E-state index in [1.807, 2.05) is 6.07 Å². The van der Waals surface area contributed by atoms with Gasteiger partial charge >= 0.3 is 0 Å². The molecule has 1 rings (SSSR count). The Bertz CT molecular complexity index is 328. The summed E-state index contributed by atoms with van der Waals surface area (Å²) >= 11 is 7.71. The first kappa shape index (κ1) is 12.8. The summed E-state index contributed by atoms with van der Waals surface area (Å²) in [6, 6.07) is 1.84. The molecule has 0 saturated heterocycles. The predicted octanol–water partition coefficient (Wildman–Crippen LogP) is 4.14. The van der Waals surface area contributed by atoms with Crippen LogP contribution in [0.2, 0.25) is 5.15 Å². The summed E-state index contributed by atoms with van der Waals surface area (Å²) in [5.41, 5.74) is 0. The summed E-state index contributed by atoms with van der Waals surface area (Å²) in [5, 5.41) is 2.09. The van der Waals surface area contributed by atoms with Crippen molar-refractivity contribution in [3.63, 3.8) is 0 Å². The largest absolute Gasteiger partial charge is 0.226 e. The second-order valence-corrected chi connectivity index (χ2v) is 5.72. The summed E-state index contributed by atoms with van der Waals surface area (Å²) in [6.07, 6.45) is 1.13. The molecule has 0 aromatic carbocycles. The fourth-order valence-electron chi connectivity index (χ4n) is 1.02. The fourth-order valence-corrected chi connectivity index (χ4v) is 2.18. The molecule has 84 valence electrons. The van der Waals surface area contributed by atoms with Crippen LogP contribution in [-0.2, 0) is 0 Å². The summed E-state index contributed by atoms with van der Waals surface area (Å²) in [7, 11) is 0. The van der Waals surface area contributed by atoms with Gasteiger partial charge < -0.3 is 0 Å². The van der Waals surface area contributed by atoms with Crippen LogP contribution in [-0.4, -0.2) is 15.2 Å². The summed E-state index contributed by atoms with van der Waals surface area (Å²) in [4.78, 5) is 8.70.